The molecule has 1 atom stereocenters. The molecular formula is C14H24N2O. The third-order valence-electron chi connectivity index (χ3n) is 2.91. The van der Waals surface area contributed by atoms with Crippen molar-refractivity contribution < 1.29 is 4.74 Å². The van der Waals surface area contributed by atoms with Gasteiger partial charge in [0, 0.05) is 39.5 Å². The topological polar surface area (TPSA) is 24.5 Å². The number of hydrogen-bond donors (Lipinski definition) is 1. The lowest BCUT2D eigenvalue weighted by Crippen LogP contribution is -2.31. The second-order valence-electron chi connectivity index (χ2n) is 4.50. The average molecular weight is 236 g/mol. The van der Waals surface area contributed by atoms with E-state index >= 15 is 0 Å². The largest absolute Gasteiger partial charge is 0.383 e. The van der Waals surface area contributed by atoms with Crippen LogP contribution in [-0.2, 0) is 11.3 Å². The zero-order chi connectivity index (χ0) is 12.7. The number of nitrogens with zero attached hydrogens (tertiary/aromatic N) is 1. The molecule has 1 N–H and O–H groups in total. The first-order chi connectivity index (χ1) is 8.17. The van der Waals surface area contributed by atoms with E-state index < -0.39 is 0 Å². The summed E-state index contributed by atoms with van der Waals surface area (Å²) in [5.74, 6) is 0. The van der Waals surface area contributed by atoms with Gasteiger partial charge in [0.1, 0.15) is 0 Å². The molecule has 1 unspecified atom stereocenters. The maximum absolute atomic E-state index is 5.16. The van der Waals surface area contributed by atoms with E-state index in [2.05, 4.69) is 55.5 Å². The molecular weight excluding hydrogens is 212 g/mol. The van der Waals surface area contributed by atoms with Gasteiger partial charge in [0.25, 0.3) is 0 Å². The van der Waals surface area contributed by atoms with Crippen LogP contribution in [-0.4, -0.2) is 33.9 Å². The highest BCUT2D eigenvalue weighted by atomic mass is 16.5. The van der Waals surface area contributed by atoms with Crippen LogP contribution in [0.4, 0.5) is 5.69 Å². The molecule has 0 amide bonds. The molecule has 3 heteroatoms. The van der Waals surface area contributed by atoms with Crippen LogP contribution in [0, 0.1) is 0 Å². The lowest BCUT2D eigenvalue weighted by molar-refractivity contribution is 0.164. The number of ether oxygens (including phenoxy) is 1. The zero-order valence-electron chi connectivity index (χ0n) is 11.4. The third kappa shape index (κ3) is 4.75. The van der Waals surface area contributed by atoms with Crippen molar-refractivity contribution in [1.29, 1.82) is 0 Å². The van der Waals surface area contributed by atoms with Gasteiger partial charge in [0.05, 0.1) is 6.61 Å². The molecule has 0 aliphatic heterocycles. The van der Waals surface area contributed by atoms with Gasteiger partial charge in [-0.15, -0.1) is 0 Å². The SMILES string of the molecule is CCC(COC)NCc1ccc(N(C)C)cc1. The van der Waals surface area contributed by atoms with Crippen LogP contribution < -0.4 is 10.2 Å². The van der Waals surface area contributed by atoms with E-state index in [0.29, 0.717) is 6.04 Å². The Morgan fingerprint density at radius 1 is 1.24 bits per heavy atom. The lowest BCUT2D eigenvalue weighted by atomic mass is 10.1. The van der Waals surface area contributed by atoms with Crippen LogP contribution >= 0.6 is 0 Å². The molecule has 0 fully saturated rings. The summed E-state index contributed by atoms with van der Waals surface area (Å²) in [6.45, 7) is 3.84. The summed E-state index contributed by atoms with van der Waals surface area (Å²) in [5.41, 5.74) is 2.54. The monoisotopic (exact) mass is 236 g/mol. The molecule has 0 saturated heterocycles. The van der Waals surface area contributed by atoms with Crippen LogP contribution in [0.25, 0.3) is 0 Å². The maximum Gasteiger partial charge on any atom is 0.0615 e. The van der Waals surface area contributed by atoms with E-state index in [-0.39, 0.29) is 0 Å². The molecule has 96 valence electrons. The summed E-state index contributed by atoms with van der Waals surface area (Å²) in [7, 11) is 5.86. The van der Waals surface area contributed by atoms with Gasteiger partial charge in [0.15, 0.2) is 0 Å². The fraction of sp³-hybridized carbons (Fsp3) is 0.571. The Bertz CT molecular complexity index is 309. The second-order valence-corrected chi connectivity index (χ2v) is 4.50. The van der Waals surface area contributed by atoms with Crippen molar-refractivity contribution in [2.24, 2.45) is 0 Å². The lowest BCUT2D eigenvalue weighted by Gasteiger charge is -2.17. The molecule has 1 aromatic carbocycles. The number of anilines is 1. The summed E-state index contributed by atoms with van der Waals surface area (Å²) in [6.07, 6.45) is 1.09. The number of benzene rings is 1. The van der Waals surface area contributed by atoms with Crippen LogP contribution in [0.1, 0.15) is 18.9 Å². The van der Waals surface area contributed by atoms with Gasteiger partial charge >= 0.3 is 0 Å². The minimum atomic E-state index is 0.438. The van der Waals surface area contributed by atoms with Gasteiger partial charge in [-0.05, 0) is 24.1 Å². The molecule has 0 heterocycles. The number of methoxy groups -OCH3 is 1. The third-order valence-corrected chi connectivity index (χ3v) is 2.91. The Labute approximate surface area is 105 Å². The predicted octanol–water partition coefficient (Wildman–Crippen LogP) is 2.27. The van der Waals surface area contributed by atoms with Gasteiger partial charge in [-0.25, -0.2) is 0 Å². The van der Waals surface area contributed by atoms with E-state index in [0.717, 1.165) is 19.6 Å². The number of rotatable bonds is 7. The van der Waals surface area contributed by atoms with Crippen LogP contribution in [0.5, 0.6) is 0 Å². The Kier molecular flexibility index (Phi) is 6.01. The zero-order valence-corrected chi connectivity index (χ0v) is 11.4. The minimum Gasteiger partial charge on any atom is -0.383 e. The van der Waals surface area contributed by atoms with Crippen molar-refractivity contribution in [2.45, 2.75) is 25.9 Å². The number of nitrogens with one attached hydrogen (secondary N) is 1. The molecule has 0 aromatic heterocycles. The highest BCUT2D eigenvalue weighted by molar-refractivity contribution is 5.45. The molecule has 1 rings (SSSR count). The van der Waals surface area contributed by atoms with Gasteiger partial charge < -0.3 is 15.0 Å². The molecule has 3 nitrogen and oxygen atoms in total. The van der Waals surface area contributed by atoms with E-state index in [4.69, 9.17) is 4.74 Å². The molecule has 0 spiro atoms. The van der Waals surface area contributed by atoms with Crippen molar-refractivity contribution in [3.63, 3.8) is 0 Å². The smallest absolute Gasteiger partial charge is 0.0615 e. The number of hydrogen-bond acceptors (Lipinski definition) is 3. The quantitative estimate of drug-likeness (QED) is 0.786. The Morgan fingerprint density at radius 2 is 1.88 bits per heavy atom. The summed E-state index contributed by atoms with van der Waals surface area (Å²) in [4.78, 5) is 2.11. The molecule has 0 bridgehead atoms. The van der Waals surface area contributed by atoms with Crippen LogP contribution in [0.3, 0.4) is 0 Å². The fourth-order valence-electron chi connectivity index (χ4n) is 1.70. The average Bonchev–Trinajstić information content (AvgIpc) is 2.35. The highest BCUT2D eigenvalue weighted by Crippen LogP contribution is 2.12. The van der Waals surface area contributed by atoms with Crippen LogP contribution in [0.2, 0.25) is 0 Å². The fourth-order valence-corrected chi connectivity index (χ4v) is 1.70. The van der Waals surface area contributed by atoms with Crippen molar-refractivity contribution in [3.8, 4) is 0 Å². The molecule has 1 aromatic rings. The summed E-state index contributed by atoms with van der Waals surface area (Å²) >= 11 is 0. The standard InChI is InChI=1S/C14H24N2O/c1-5-13(11-17-4)15-10-12-6-8-14(9-7-12)16(2)3/h6-9,13,15H,5,10-11H2,1-4H3. The van der Waals surface area contributed by atoms with Crippen molar-refractivity contribution in [2.75, 3.05) is 32.7 Å². The minimum absolute atomic E-state index is 0.438. The van der Waals surface area contributed by atoms with E-state index in [1.54, 1.807) is 7.11 Å². The first-order valence-electron chi connectivity index (χ1n) is 6.16. The summed E-state index contributed by atoms with van der Waals surface area (Å²) in [6, 6.07) is 9.07. The molecule has 0 aliphatic rings. The molecule has 0 radical (unpaired) electrons. The summed E-state index contributed by atoms with van der Waals surface area (Å²) in [5, 5.41) is 3.50. The Balaban J connectivity index is 2.46. The predicted molar refractivity (Wildman–Crippen MR) is 73.6 cm³/mol. The second kappa shape index (κ2) is 7.30. The first kappa shape index (κ1) is 14.0. The maximum atomic E-state index is 5.16. The highest BCUT2D eigenvalue weighted by Gasteiger charge is 2.04. The van der Waals surface area contributed by atoms with Gasteiger partial charge in [0.2, 0.25) is 0 Å². The van der Waals surface area contributed by atoms with Gasteiger partial charge in [-0.3, -0.25) is 0 Å². The van der Waals surface area contributed by atoms with E-state index in [9.17, 15) is 0 Å². The Morgan fingerprint density at radius 3 is 2.35 bits per heavy atom. The molecule has 17 heavy (non-hydrogen) atoms. The first-order valence-corrected chi connectivity index (χ1v) is 6.16. The Hall–Kier alpha value is -1.06. The van der Waals surface area contributed by atoms with Crippen molar-refractivity contribution in [1.82, 2.24) is 5.32 Å². The van der Waals surface area contributed by atoms with E-state index in [1.165, 1.54) is 11.3 Å². The normalized spacial score (nSPS) is 12.5. The van der Waals surface area contributed by atoms with Crippen LogP contribution in [0.15, 0.2) is 24.3 Å². The van der Waals surface area contributed by atoms with Crippen molar-refractivity contribution in [3.05, 3.63) is 29.8 Å². The van der Waals surface area contributed by atoms with E-state index in [1.807, 2.05) is 0 Å². The molecule has 0 saturated carbocycles. The van der Waals surface area contributed by atoms with Gasteiger partial charge in [-0.2, -0.15) is 0 Å². The summed E-state index contributed by atoms with van der Waals surface area (Å²) < 4.78 is 5.16. The van der Waals surface area contributed by atoms with Crippen molar-refractivity contribution >= 4 is 5.69 Å². The van der Waals surface area contributed by atoms with Gasteiger partial charge in [-0.1, -0.05) is 19.1 Å². The molecule has 0 aliphatic carbocycles.